The molecule has 0 saturated carbocycles. The van der Waals surface area contributed by atoms with E-state index < -0.39 is 0 Å². The molecule has 0 atom stereocenters. The van der Waals surface area contributed by atoms with Crippen molar-refractivity contribution in [3.8, 4) is 11.4 Å². The van der Waals surface area contributed by atoms with Gasteiger partial charge in [-0.1, -0.05) is 11.6 Å². The van der Waals surface area contributed by atoms with Gasteiger partial charge in [0.15, 0.2) is 0 Å². The zero-order valence-corrected chi connectivity index (χ0v) is 10.8. The quantitative estimate of drug-likeness (QED) is 0.775. The third kappa shape index (κ3) is 1.65. The van der Waals surface area contributed by atoms with Crippen molar-refractivity contribution in [3.05, 3.63) is 34.1 Å². The van der Waals surface area contributed by atoms with Gasteiger partial charge >= 0.3 is 0 Å². The minimum Gasteiger partial charge on any atom is -0.269 e. The van der Waals surface area contributed by atoms with E-state index in [9.17, 15) is 0 Å². The lowest BCUT2D eigenvalue weighted by atomic mass is 10.1. The molecule has 0 N–H and O–H groups in total. The second-order valence-electron chi connectivity index (χ2n) is 4.51. The SMILES string of the molecule is Cc1nc(-c2nn3c(c2C)CCC3)ccc1Cl. The number of fused-ring (bicyclic) bond motifs is 1. The van der Waals surface area contributed by atoms with E-state index in [0.29, 0.717) is 5.02 Å². The topological polar surface area (TPSA) is 30.7 Å². The van der Waals surface area contributed by atoms with Crippen LogP contribution in [0.15, 0.2) is 12.1 Å². The van der Waals surface area contributed by atoms with Gasteiger partial charge in [-0.15, -0.1) is 0 Å². The predicted octanol–water partition coefficient (Wildman–Crippen LogP) is 3.16. The normalized spacial score (nSPS) is 14.1. The lowest BCUT2D eigenvalue weighted by molar-refractivity contribution is 0.658. The highest BCUT2D eigenvalue weighted by Crippen LogP contribution is 2.28. The molecule has 88 valence electrons. The number of pyridine rings is 1. The lowest BCUT2D eigenvalue weighted by Gasteiger charge is -2.02. The van der Waals surface area contributed by atoms with Gasteiger partial charge in [0.25, 0.3) is 0 Å². The largest absolute Gasteiger partial charge is 0.269 e. The van der Waals surface area contributed by atoms with Crippen LogP contribution in [0.2, 0.25) is 5.02 Å². The summed E-state index contributed by atoms with van der Waals surface area (Å²) in [5.74, 6) is 0. The zero-order valence-electron chi connectivity index (χ0n) is 10.00. The highest BCUT2D eigenvalue weighted by molar-refractivity contribution is 6.31. The summed E-state index contributed by atoms with van der Waals surface area (Å²) >= 11 is 5.99. The molecule has 0 aromatic carbocycles. The number of aryl methyl sites for hydroxylation is 2. The van der Waals surface area contributed by atoms with Crippen molar-refractivity contribution in [2.45, 2.75) is 33.2 Å². The summed E-state index contributed by atoms with van der Waals surface area (Å²) in [4.78, 5) is 4.51. The van der Waals surface area contributed by atoms with Crippen LogP contribution in [0.4, 0.5) is 0 Å². The molecule has 3 nitrogen and oxygen atoms in total. The zero-order chi connectivity index (χ0) is 12.0. The van der Waals surface area contributed by atoms with E-state index >= 15 is 0 Å². The molecule has 3 heterocycles. The number of nitrogens with zero attached hydrogens (tertiary/aromatic N) is 3. The first-order chi connectivity index (χ1) is 8.16. The molecule has 0 fully saturated rings. The highest BCUT2D eigenvalue weighted by Gasteiger charge is 2.20. The summed E-state index contributed by atoms with van der Waals surface area (Å²) in [6, 6.07) is 3.84. The molecule has 0 amide bonds. The van der Waals surface area contributed by atoms with Gasteiger partial charge in [0, 0.05) is 12.2 Å². The Balaban J connectivity index is 2.12. The van der Waals surface area contributed by atoms with Crippen molar-refractivity contribution in [2.75, 3.05) is 0 Å². The van der Waals surface area contributed by atoms with Gasteiger partial charge in [-0.25, -0.2) is 4.98 Å². The maximum Gasteiger partial charge on any atom is 0.114 e. The van der Waals surface area contributed by atoms with Crippen molar-refractivity contribution in [2.24, 2.45) is 0 Å². The highest BCUT2D eigenvalue weighted by atomic mass is 35.5. The van der Waals surface area contributed by atoms with E-state index in [1.165, 1.54) is 17.7 Å². The molecule has 1 aliphatic heterocycles. The Labute approximate surface area is 105 Å². The molecular weight excluding hydrogens is 234 g/mol. The second kappa shape index (κ2) is 3.84. The Kier molecular flexibility index (Phi) is 2.44. The van der Waals surface area contributed by atoms with Crippen LogP contribution < -0.4 is 0 Å². The van der Waals surface area contributed by atoms with Crippen LogP contribution in [0.25, 0.3) is 11.4 Å². The number of hydrogen-bond acceptors (Lipinski definition) is 2. The Morgan fingerprint density at radius 2 is 2.12 bits per heavy atom. The predicted molar refractivity (Wildman–Crippen MR) is 68.3 cm³/mol. The fourth-order valence-corrected chi connectivity index (χ4v) is 2.51. The molecule has 2 aromatic rings. The van der Waals surface area contributed by atoms with E-state index in [2.05, 4.69) is 21.7 Å². The molecule has 0 aliphatic carbocycles. The van der Waals surface area contributed by atoms with Gasteiger partial charge in [-0.2, -0.15) is 5.10 Å². The fraction of sp³-hybridized carbons (Fsp3) is 0.385. The average molecular weight is 248 g/mol. The molecule has 0 bridgehead atoms. The van der Waals surface area contributed by atoms with Gasteiger partial charge in [-0.05, 0) is 44.4 Å². The second-order valence-corrected chi connectivity index (χ2v) is 4.92. The Morgan fingerprint density at radius 3 is 2.82 bits per heavy atom. The Morgan fingerprint density at radius 1 is 1.29 bits per heavy atom. The summed E-state index contributed by atoms with van der Waals surface area (Å²) in [6.45, 7) is 5.08. The van der Waals surface area contributed by atoms with Crippen LogP contribution in [-0.4, -0.2) is 14.8 Å². The van der Waals surface area contributed by atoms with Crippen LogP contribution in [0.5, 0.6) is 0 Å². The molecule has 0 unspecified atom stereocenters. The molecule has 0 spiro atoms. The lowest BCUT2D eigenvalue weighted by Crippen LogP contribution is -1.95. The smallest absolute Gasteiger partial charge is 0.114 e. The van der Waals surface area contributed by atoms with Crippen molar-refractivity contribution < 1.29 is 0 Å². The number of aromatic nitrogens is 3. The van der Waals surface area contributed by atoms with Crippen LogP contribution in [-0.2, 0) is 13.0 Å². The molecule has 1 aliphatic rings. The summed E-state index contributed by atoms with van der Waals surface area (Å²) in [5, 5.41) is 5.35. The molecule has 4 heteroatoms. The van der Waals surface area contributed by atoms with Crippen LogP contribution in [0, 0.1) is 13.8 Å². The van der Waals surface area contributed by atoms with Gasteiger partial charge in [0.05, 0.1) is 16.4 Å². The minimum atomic E-state index is 0.707. The van der Waals surface area contributed by atoms with Crippen molar-refractivity contribution in [1.29, 1.82) is 0 Å². The maximum absolute atomic E-state index is 5.99. The molecule has 17 heavy (non-hydrogen) atoms. The van der Waals surface area contributed by atoms with Gasteiger partial charge in [0.1, 0.15) is 5.69 Å². The number of hydrogen-bond donors (Lipinski definition) is 0. The standard InChI is InChI=1S/C13H14ClN3/c1-8-12-4-3-7-17(12)16-13(8)11-6-5-10(14)9(2)15-11/h5-6H,3-4,7H2,1-2H3. The van der Waals surface area contributed by atoms with Crippen LogP contribution in [0.3, 0.4) is 0 Å². The Hall–Kier alpha value is -1.35. The summed E-state index contributed by atoms with van der Waals surface area (Å²) in [6.07, 6.45) is 2.34. The molecule has 0 radical (unpaired) electrons. The number of halogens is 1. The summed E-state index contributed by atoms with van der Waals surface area (Å²) in [5.41, 5.74) is 5.40. The van der Waals surface area contributed by atoms with Gasteiger partial charge in [-0.3, -0.25) is 4.68 Å². The first-order valence-electron chi connectivity index (χ1n) is 5.86. The van der Waals surface area contributed by atoms with Crippen LogP contribution in [0.1, 0.15) is 23.4 Å². The van der Waals surface area contributed by atoms with E-state index in [-0.39, 0.29) is 0 Å². The van der Waals surface area contributed by atoms with E-state index in [1.54, 1.807) is 0 Å². The van der Waals surface area contributed by atoms with Crippen molar-refractivity contribution in [1.82, 2.24) is 14.8 Å². The summed E-state index contributed by atoms with van der Waals surface area (Å²) < 4.78 is 2.11. The van der Waals surface area contributed by atoms with E-state index in [0.717, 1.165) is 30.0 Å². The minimum absolute atomic E-state index is 0.707. The third-order valence-corrected chi connectivity index (χ3v) is 3.77. The van der Waals surface area contributed by atoms with Gasteiger partial charge in [0.2, 0.25) is 0 Å². The Bertz CT molecular complexity index is 587. The summed E-state index contributed by atoms with van der Waals surface area (Å²) in [7, 11) is 0. The molecule has 0 saturated heterocycles. The van der Waals surface area contributed by atoms with E-state index in [4.69, 9.17) is 11.6 Å². The van der Waals surface area contributed by atoms with Crippen molar-refractivity contribution in [3.63, 3.8) is 0 Å². The first-order valence-corrected chi connectivity index (χ1v) is 6.24. The molecular formula is C13H14ClN3. The van der Waals surface area contributed by atoms with Crippen LogP contribution >= 0.6 is 11.6 Å². The van der Waals surface area contributed by atoms with Crippen molar-refractivity contribution >= 4 is 11.6 Å². The first kappa shape index (κ1) is 10.8. The third-order valence-electron chi connectivity index (χ3n) is 3.37. The molecule has 2 aromatic heterocycles. The van der Waals surface area contributed by atoms with E-state index in [1.807, 2.05) is 19.1 Å². The molecule has 3 rings (SSSR count). The van der Waals surface area contributed by atoms with Gasteiger partial charge < -0.3 is 0 Å². The average Bonchev–Trinajstić information content (AvgIpc) is 2.86. The number of rotatable bonds is 1. The fourth-order valence-electron chi connectivity index (χ4n) is 2.40. The maximum atomic E-state index is 5.99. The monoisotopic (exact) mass is 247 g/mol.